The molecule has 19 heteroatoms. The van der Waals surface area contributed by atoms with Crippen LogP contribution in [0.25, 0.3) is 0 Å². The molecule has 97 heavy (non-hydrogen) atoms. The second-order valence-electron chi connectivity index (χ2n) is 28.1. The third-order valence-electron chi connectivity index (χ3n) is 18.4. The molecule has 0 aliphatic rings. The van der Waals surface area contributed by atoms with Crippen molar-refractivity contribution in [1.82, 2.24) is 0 Å². The zero-order valence-electron chi connectivity index (χ0n) is 63.1. The highest BCUT2D eigenvalue weighted by Crippen LogP contribution is 2.45. The van der Waals surface area contributed by atoms with E-state index in [2.05, 4.69) is 27.7 Å². The normalized spacial score (nSPS) is 13.8. The molecule has 0 bridgehead atoms. The number of esters is 4. The summed E-state index contributed by atoms with van der Waals surface area (Å²) in [5.41, 5.74) is 0. The molecule has 2 unspecified atom stereocenters. The van der Waals surface area contributed by atoms with Gasteiger partial charge in [0.2, 0.25) is 0 Å². The molecule has 0 aliphatic heterocycles. The first-order valence-corrected chi connectivity index (χ1v) is 43.8. The van der Waals surface area contributed by atoms with Crippen molar-refractivity contribution in [3.63, 3.8) is 0 Å². The van der Waals surface area contributed by atoms with Crippen LogP contribution in [-0.2, 0) is 65.4 Å². The van der Waals surface area contributed by atoms with Crippen molar-refractivity contribution in [3.05, 3.63) is 0 Å². The predicted octanol–water partition coefficient (Wildman–Crippen LogP) is 23.4. The van der Waals surface area contributed by atoms with Crippen LogP contribution in [0.2, 0.25) is 0 Å². The van der Waals surface area contributed by atoms with Crippen molar-refractivity contribution >= 4 is 39.5 Å². The molecule has 0 saturated heterocycles. The van der Waals surface area contributed by atoms with E-state index in [0.29, 0.717) is 25.7 Å². The molecular formula is C78H152O17P2. The largest absolute Gasteiger partial charge is 0.472 e. The molecule has 0 aliphatic carbocycles. The molecule has 0 heterocycles. The van der Waals surface area contributed by atoms with Gasteiger partial charge in [0, 0.05) is 25.7 Å². The van der Waals surface area contributed by atoms with Crippen LogP contribution in [0.4, 0.5) is 0 Å². The van der Waals surface area contributed by atoms with Gasteiger partial charge in [-0.1, -0.05) is 368 Å². The average Bonchev–Trinajstić information content (AvgIpc) is 1.48. The number of hydrogen-bond donors (Lipinski definition) is 3. The topological polar surface area (TPSA) is 237 Å². The summed E-state index contributed by atoms with van der Waals surface area (Å²) in [4.78, 5) is 72.6. The Morgan fingerprint density at radius 1 is 0.247 bits per heavy atom. The van der Waals surface area contributed by atoms with Crippen LogP contribution >= 0.6 is 15.6 Å². The van der Waals surface area contributed by atoms with Gasteiger partial charge >= 0.3 is 39.5 Å². The molecule has 3 N–H and O–H groups in total. The first-order valence-electron chi connectivity index (χ1n) is 40.8. The van der Waals surface area contributed by atoms with E-state index in [1.807, 2.05) is 0 Å². The molecule has 0 aromatic heterocycles. The number of aliphatic hydroxyl groups is 1. The fraction of sp³-hybridized carbons (Fsp3) is 0.949. The van der Waals surface area contributed by atoms with Crippen LogP contribution in [0.1, 0.15) is 419 Å². The van der Waals surface area contributed by atoms with Gasteiger partial charge in [-0.25, -0.2) is 9.13 Å². The lowest BCUT2D eigenvalue weighted by atomic mass is 10.0. The lowest BCUT2D eigenvalue weighted by Gasteiger charge is -2.21. The Morgan fingerprint density at radius 2 is 0.412 bits per heavy atom. The number of phosphoric acid groups is 2. The van der Waals surface area contributed by atoms with Gasteiger partial charge in [-0.15, -0.1) is 0 Å². The van der Waals surface area contributed by atoms with Crippen LogP contribution in [-0.4, -0.2) is 96.7 Å². The summed E-state index contributed by atoms with van der Waals surface area (Å²) >= 11 is 0. The quantitative estimate of drug-likeness (QED) is 0.0222. The monoisotopic (exact) mass is 1420 g/mol. The fourth-order valence-electron chi connectivity index (χ4n) is 12.1. The Morgan fingerprint density at radius 3 is 0.608 bits per heavy atom. The smallest absolute Gasteiger partial charge is 0.462 e. The highest BCUT2D eigenvalue weighted by molar-refractivity contribution is 7.47. The molecule has 17 nitrogen and oxygen atoms in total. The summed E-state index contributed by atoms with van der Waals surface area (Å²) in [5, 5.41) is 10.6. The zero-order chi connectivity index (χ0) is 71.1. The molecular weight excluding hydrogens is 1270 g/mol. The highest BCUT2D eigenvalue weighted by atomic mass is 31.2. The number of rotatable bonds is 79. The first kappa shape index (κ1) is 95.1. The van der Waals surface area contributed by atoms with E-state index < -0.39 is 97.5 Å². The van der Waals surface area contributed by atoms with E-state index in [-0.39, 0.29) is 25.7 Å². The van der Waals surface area contributed by atoms with Crippen molar-refractivity contribution in [3.8, 4) is 0 Å². The van der Waals surface area contributed by atoms with Crippen molar-refractivity contribution in [1.29, 1.82) is 0 Å². The molecule has 0 radical (unpaired) electrons. The maximum absolute atomic E-state index is 13.1. The maximum Gasteiger partial charge on any atom is 0.472 e. The molecule has 0 amide bonds. The van der Waals surface area contributed by atoms with Gasteiger partial charge in [0.1, 0.15) is 19.3 Å². The van der Waals surface area contributed by atoms with Crippen LogP contribution in [0.5, 0.6) is 0 Å². The molecule has 0 rings (SSSR count). The van der Waals surface area contributed by atoms with Gasteiger partial charge in [-0.05, 0) is 25.7 Å². The van der Waals surface area contributed by atoms with E-state index in [4.69, 9.17) is 37.0 Å². The Balaban J connectivity index is 5.12. The average molecular weight is 1420 g/mol. The molecule has 5 atom stereocenters. The number of aliphatic hydroxyl groups excluding tert-OH is 1. The number of phosphoric ester groups is 2. The number of hydrogen-bond acceptors (Lipinski definition) is 15. The number of carbonyl (C=O) groups excluding carboxylic acids is 4. The minimum Gasteiger partial charge on any atom is -0.462 e. The summed E-state index contributed by atoms with van der Waals surface area (Å²) in [6.45, 7) is 4.92. The number of carbonyl (C=O) groups is 4. The Hall–Kier alpha value is -1.94. The van der Waals surface area contributed by atoms with Crippen molar-refractivity contribution in [2.75, 3.05) is 39.6 Å². The second-order valence-corrected chi connectivity index (χ2v) is 31.0. The third kappa shape index (κ3) is 72.2. The SMILES string of the molecule is CCCCCCCCCCCCCCCCCCCCCC(=O)OC[C@H](COP(=O)(O)OC[C@@H](O)COP(=O)(O)OC[C@@H](COC(=O)CCCCCCC)OC(=O)CCCCCCCCCCCCCCCC)OC(=O)CCCCCCCCCCCCCCCCCCCCC. The standard InChI is InChI=1S/C78H152O17P2/c1-5-9-13-17-20-23-26-29-32-34-36-38-40-43-45-48-51-55-59-63-76(81)89-69-74(95-78(83)65-61-57-53-50-47-44-41-39-37-35-33-30-27-24-21-18-14-10-6-2)71-93-97(86,87)91-67-72(79)66-90-96(84,85)92-70-73(68-88-75(80)62-58-54-16-12-8-4)94-77(82)64-60-56-52-49-46-42-31-28-25-22-19-15-11-7-3/h72-74,79H,5-71H2,1-4H3,(H,84,85)(H,86,87)/t72-,73+,74+/m0/s1. The fourth-order valence-corrected chi connectivity index (χ4v) is 13.7. The molecule has 0 aromatic carbocycles. The predicted molar refractivity (Wildman–Crippen MR) is 395 cm³/mol. The van der Waals surface area contributed by atoms with Crippen LogP contribution in [0, 0.1) is 0 Å². The minimum atomic E-state index is -4.96. The highest BCUT2D eigenvalue weighted by Gasteiger charge is 2.30. The van der Waals surface area contributed by atoms with E-state index in [1.54, 1.807) is 0 Å². The van der Waals surface area contributed by atoms with E-state index in [9.17, 15) is 43.2 Å². The van der Waals surface area contributed by atoms with Crippen molar-refractivity contribution in [2.24, 2.45) is 0 Å². The van der Waals surface area contributed by atoms with E-state index >= 15 is 0 Å². The first-order chi connectivity index (χ1) is 47.2. The summed E-state index contributed by atoms with van der Waals surface area (Å²) in [5.74, 6) is -2.12. The van der Waals surface area contributed by atoms with Gasteiger partial charge in [0.25, 0.3) is 0 Å². The van der Waals surface area contributed by atoms with Gasteiger partial charge in [0.15, 0.2) is 12.2 Å². The summed E-state index contributed by atoms with van der Waals surface area (Å²) in [6.07, 6.45) is 64.3. The summed E-state index contributed by atoms with van der Waals surface area (Å²) in [7, 11) is -9.90. The van der Waals surface area contributed by atoms with Crippen LogP contribution in [0.3, 0.4) is 0 Å². The number of unbranched alkanes of at least 4 members (excludes halogenated alkanes) is 53. The Bertz CT molecular complexity index is 1840. The molecule has 0 fully saturated rings. The Kier molecular flexibility index (Phi) is 71.0. The van der Waals surface area contributed by atoms with E-state index in [1.165, 1.54) is 244 Å². The molecule has 576 valence electrons. The van der Waals surface area contributed by atoms with Crippen LogP contribution < -0.4 is 0 Å². The Labute approximate surface area is 594 Å². The molecule has 0 saturated carbocycles. The van der Waals surface area contributed by atoms with Gasteiger partial charge in [-0.2, -0.15) is 0 Å². The van der Waals surface area contributed by atoms with Gasteiger partial charge in [0.05, 0.1) is 26.4 Å². The third-order valence-corrected chi connectivity index (χ3v) is 20.3. The number of ether oxygens (including phenoxy) is 4. The zero-order valence-corrected chi connectivity index (χ0v) is 64.8. The maximum atomic E-state index is 13.1. The second kappa shape index (κ2) is 72.4. The lowest BCUT2D eigenvalue weighted by molar-refractivity contribution is -0.161. The minimum absolute atomic E-state index is 0.108. The van der Waals surface area contributed by atoms with Crippen molar-refractivity contribution in [2.45, 2.75) is 438 Å². The molecule has 0 spiro atoms. The van der Waals surface area contributed by atoms with Gasteiger partial charge < -0.3 is 33.8 Å². The molecule has 0 aromatic rings. The van der Waals surface area contributed by atoms with Gasteiger partial charge in [-0.3, -0.25) is 37.3 Å². The summed E-state index contributed by atoms with van der Waals surface area (Å²) < 4.78 is 68.4. The van der Waals surface area contributed by atoms with Crippen molar-refractivity contribution < 1.29 is 80.2 Å². The summed E-state index contributed by atoms with van der Waals surface area (Å²) in [6, 6.07) is 0. The lowest BCUT2D eigenvalue weighted by Crippen LogP contribution is -2.30. The van der Waals surface area contributed by atoms with E-state index in [0.717, 1.165) is 96.3 Å². The van der Waals surface area contributed by atoms with Crippen LogP contribution in [0.15, 0.2) is 0 Å².